The minimum Gasteiger partial charge on any atom is -0.353 e. The molecular formula is C14H19Cl2N3O2. The molecule has 1 aromatic carbocycles. The molecule has 0 aliphatic heterocycles. The fourth-order valence-electron chi connectivity index (χ4n) is 1.68. The Morgan fingerprint density at radius 3 is 2.48 bits per heavy atom. The first-order valence-corrected chi connectivity index (χ1v) is 7.21. The smallest absolute Gasteiger partial charge is 0.240 e. The molecule has 5 nitrogen and oxygen atoms in total. The number of hydrogen-bond donors (Lipinski definition) is 1. The molecule has 0 aliphatic carbocycles. The van der Waals surface area contributed by atoms with Gasteiger partial charge in [-0.15, -0.1) is 0 Å². The molecule has 0 atom stereocenters. The molecule has 2 amide bonds. The van der Waals surface area contributed by atoms with Crippen LogP contribution in [0.4, 0.5) is 5.69 Å². The van der Waals surface area contributed by atoms with Gasteiger partial charge in [-0.2, -0.15) is 0 Å². The van der Waals surface area contributed by atoms with Gasteiger partial charge in [-0.3, -0.25) is 9.59 Å². The van der Waals surface area contributed by atoms with E-state index in [1.807, 2.05) is 19.0 Å². The van der Waals surface area contributed by atoms with Crippen molar-refractivity contribution in [3.63, 3.8) is 0 Å². The summed E-state index contributed by atoms with van der Waals surface area (Å²) in [6, 6.07) is 4.79. The van der Waals surface area contributed by atoms with Crippen LogP contribution >= 0.6 is 23.2 Å². The predicted molar refractivity (Wildman–Crippen MR) is 86.1 cm³/mol. The lowest BCUT2D eigenvalue weighted by Crippen LogP contribution is -2.41. The molecule has 0 radical (unpaired) electrons. The fraction of sp³-hybridized carbons (Fsp3) is 0.429. The molecule has 0 spiro atoms. The number of halogens is 2. The molecule has 0 aromatic heterocycles. The number of nitrogens with zero attached hydrogens (tertiary/aromatic N) is 2. The third kappa shape index (κ3) is 5.91. The van der Waals surface area contributed by atoms with Gasteiger partial charge < -0.3 is 15.1 Å². The van der Waals surface area contributed by atoms with Gasteiger partial charge in [0.2, 0.25) is 11.8 Å². The zero-order valence-electron chi connectivity index (χ0n) is 12.3. The first-order valence-electron chi connectivity index (χ1n) is 6.46. The van der Waals surface area contributed by atoms with Crippen LogP contribution in [0.15, 0.2) is 18.2 Å². The van der Waals surface area contributed by atoms with E-state index >= 15 is 0 Å². The standard InChI is InChI=1S/C14H19Cl2N3O2/c1-10(20)19(9-14(21)17-6-7-18(2)3)13-8-11(15)4-5-12(13)16/h4-5,8H,6-7,9H2,1-3H3,(H,17,21). The van der Waals surface area contributed by atoms with Crippen LogP contribution in [0.25, 0.3) is 0 Å². The highest BCUT2D eigenvalue weighted by Gasteiger charge is 2.18. The summed E-state index contributed by atoms with van der Waals surface area (Å²) in [6.07, 6.45) is 0. The number of amides is 2. The molecule has 0 unspecified atom stereocenters. The molecule has 1 rings (SSSR count). The minimum absolute atomic E-state index is 0.0944. The van der Waals surface area contributed by atoms with Crippen LogP contribution in [0.5, 0.6) is 0 Å². The van der Waals surface area contributed by atoms with E-state index in [0.29, 0.717) is 22.3 Å². The molecule has 0 bridgehead atoms. The lowest BCUT2D eigenvalue weighted by atomic mass is 10.2. The van der Waals surface area contributed by atoms with Gasteiger partial charge in [-0.1, -0.05) is 23.2 Å². The van der Waals surface area contributed by atoms with Crippen molar-refractivity contribution in [3.05, 3.63) is 28.2 Å². The zero-order chi connectivity index (χ0) is 16.0. The van der Waals surface area contributed by atoms with Gasteiger partial charge in [0.1, 0.15) is 6.54 Å². The number of nitrogens with one attached hydrogen (secondary N) is 1. The van der Waals surface area contributed by atoms with Gasteiger partial charge in [0.25, 0.3) is 0 Å². The second-order valence-corrected chi connectivity index (χ2v) is 5.70. The summed E-state index contributed by atoms with van der Waals surface area (Å²) in [6.45, 7) is 2.53. The highest BCUT2D eigenvalue weighted by atomic mass is 35.5. The van der Waals surface area contributed by atoms with E-state index in [4.69, 9.17) is 23.2 Å². The lowest BCUT2D eigenvalue weighted by molar-refractivity contribution is -0.123. The Balaban J connectivity index is 2.76. The highest BCUT2D eigenvalue weighted by molar-refractivity contribution is 6.35. The first-order chi connectivity index (χ1) is 9.81. The van der Waals surface area contributed by atoms with Crippen molar-refractivity contribution >= 4 is 40.7 Å². The summed E-state index contributed by atoms with van der Waals surface area (Å²) in [7, 11) is 3.83. The van der Waals surface area contributed by atoms with E-state index in [0.717, 1.165) is 6.54 Å². The maximum Gasteiger partial charge on any atom is 0.240 e. The molecule has 116 valence electrons. The van der Waals surface area contributed by atoms with Gasteiger partial charge in [-0.05, 0) is 32.3 Å². The molecule has 7 heteroatoms. The van der Waals surface area contributed by atoms with E-state index in [-0.39, 0.29) is 18.4 Å². The third-order valence-corrected chi connectivity index (χ3v) is 3.32. The summed E-state index contributed by atoms with van der Waals surface area (Å²) in [4.78, 5) is 26.9. The van der Waals surface area contributed by atoms with Crippen molar-refractivity contribution in [3.8, 4) is 0 Å². The maximum absolute atomic E-state index is 11.9. The maximum atomic E-state index is 11.9. The molecular weight excluding hydrogens is 313 g/mol. The Hall–Kier alpha value is -1.30. The minimum atomic E-state index is -0.276. The van der Waals surface area contributed by atoms with E-state index in [2.05, 4.69) is 5.32 Å². The SMILES string of the molecule is CC(=O)N(CC(=O)NCCN(C)C)c1cc(Cl)ccc1Cl. The van der Waals surface area contributed by atoms with E-state index in [1.165, 1.54) is 11.8 Å². The van der Waals surface area contributed by atoms with Crippen molar-refractivity contribution in [2.75, 3.05) is 38.6 Å². The molecule has 0 saturated heterocycles. The van der Waals surface area contributed by atoms with E-state index in [9.17, 15) is 9.59 Å². The topological polar surface area (TPSA) is 52.7 Å². The van der Waals surface area contributed by atoms with Crippen LogP contribution in [-0.2, 0) is 9.59 Å². The van der Waals surface area contributed by atoms with Gasteiger partial charge in [0.15, 0.2) is 0 Å². The van der Waals surface area contributed by atoms with Gasteiger partial charge in [-0.25, -0.2) is 0 Å². The monoisotopic (exact) mass is 331 g/mol. The summed E-state index contributed by atoms with van der Waals surface area (Å²) >= 11 is 12.0. The Morgan fingerprint density at radius 1 is 1.24 bits per heavy atom. The summed E-state index contributed by atoms with van der Waals surface area (Å²) in [5.41, 5.74) is 0.430. The summed E-state index contributed by atoms with van der Waals surface area (Å²) in [5.74, 6) is -0.523. The average Bonchev–Trinajstić information content (AvgIpc) is 2.38. The Labute approximate surface area is 134 Å². The van der Waals surface area contributed by atoms with Crippen LogP contribution < -0.4 is 10.2 Å². The number of carbonyl (C=O) groups excluding carboxylic acids is 2. The Kier molecular flexibility index (Phi) is 6.95. The Morgan fingerprint density at radius 2 is 1.90 bits per heavy atom. The lowest BCUT2D eigenvalue weighted by Gasteiger charge is -2.22. The summed E-state index contributed by atoms with van der Waals surface area (Å²) < 4.78 is 0. The average molecular weight is 332 g/mol. The van der Waals surface area contributed by atoms with Crippen molar-refractivity contribution in [1.82, 2.24) is 10.2 Å². The summed E-state index contributed by atoms with van der Waals surface area (Å²) in [5, 5.41) is 3.58. The molecule has 0 fully saturated rings. The van der Waals surface area contributed by atoms with Crippen LogP contribution in [0.1, 0.15) is 6.92 Å². The first kappa shape index (κ1) is 17.8. The van der Waals surface area contributed by atoms with Crippen molar-refractivity contribution in [2.24, 2.45) is 0 Å². The second-order valence-electron chi connectivity index (χ2n) is 4.85. The van der Waals surface area contributed by atoms with Gasteiger partial charge in [0.05, 0.1) is 10.7 Å². The number of benzene rings is 1. The number of hydrogen-bond acceptors (Lipinski definition) is 3. The molecule has 0 saturated carbocycles. The quantitative estimate of drug-likeness (QED) is 0.867. The van der Waals surface area contributed by atoms with Crippen molar-refractivity contribution in [2.45, 2.75) is 6.92 Å². The van der Waals surface area contributed by atoms with Crippen molar-refractivity contribution in [1.29, 1.82) is 0 Å². The number of carbonyl (C=O) groups is 2. The number of anilines is 1. The number of rotatable bonds is 6. The van der Waals surface area contributed by atoms with Gasteiger partial charge >= 0.3 is 0 Å². The van der Waals surface area contributed by atoms with Crippen LogP contribution in [0.3, 0.4) is 0 Å². The van der Waals surface area contributed by atoms with E-state index < -0.39 is 0 Å². The van der Waals surface area contributed by atoms with Gasteiger partial charge in [0, 0.05) is 25.0 Å². The predicted octanol–water partition coefficient (Wildman–Crippen LogP) is 2.02. The van der Waals surface area contributed by atoms with Crippen LogP contribution in [0, 0.1) is 0 Å². The molecule has 1 N–H and O–H groups in total. The second kappa shape index (κ2) is 8.22. The third-order valence-electron chi connectivity index (χ3n) is 2.76. The fourth-order valence-corrected chi connectivity index (χ4v) is 2.06. The van der Waals surface area contributed by atoms with Crippen LogP contribution in [0.2, 0.25) is 10.0 Å². The Bertz CT molecular complexity index is 521. The van der Waals surface area contributed by atoms with Crippen LogP contribution in [-0.4, -0.2) is 50.4 Å². The van der Waals surface area contributed by atoms with Crippen molar-refractivity contribution < 1.29 is 9.59 Å². The normalized spacial score (nSPS) is 10.6. The molecule has 0 heterocycles. The molecule has 21 heavy (non-hydrogen) atoms. The van der Waals surface area contributed by atoms with E-state index in [1.54, 1.807) is 18.2 Å². The highest BCUT2D eigenvalue weighted by Crippen LogP contribution is 2.29. The zero-order valence-corrected chi connectivity index (χ0v) is 13.8. The molecule has 1 aromatic rings. The largest absolute Gasteiger partial charge is 0.353 e. The number of likely N-dealkylation sites (N-methyl/N-ethyl adjacent to an activating group) is 1. The molecule has 0 aliphatic rings.